The minimum atomic E-state index is -0.680. The molecule has 0 bridgehead atoms. The van der Waals surface area contributed by atoms with Crippen LogP contribution < -0.4 is 4.90 Å². The zero-order valence-electron chi connectivity index (χ0n) is 10.9. The highest BCUT2D eigenvalue weighted by Crippen LogP contribution is 2.48. The fourth-order valence-corrected chi connectivity index (χ4v) is 2.91. The largest absolute Gasteiger partial charge is 0.481 e. The van der Waals surface area contributed by atoms with Gasteiger partial charge in [-0.3, -0.25) is 4.79 Å². The number of nitrogens with zero attached hydrogens (tertiary/aromatic N) is 1. The lowest BCUT2D eigenvalue weighted by atomic mass is 9.84. The molecule has 1 saturated carbocycles. The summed E-state index contributed by atoms with van der Waals surface area (Å²) in [4.78, 5) is 13.6. The Bertz CT molecular complexity index is 478. The first-order valence-electron chi connectivity index (χ1n) is 6.52. The van der Waals surface area contributed by atoms with Crippen molar-refractivity contribution in [2.24, 2.45) is 5.41 Å². The van der Waals surface area contributed by atoms with Crippen molar-refractivity contribution in [3.8, 4) is 0 Å². The van der Waals surface area contributed by atoms with E-state index in [1.807, 2.05) is 12.1 Å². The molecule has 0 unspecified atom stereocenters. The van der Waals surface area contributed by atoms with E-state index in [1.165, 1.54) is 5.69 Å². The number of anilines is 1. The molecule has 0 amide bonds. The maximum absolute atomic E-state index is 11.2. The lowest BCUT2D eigenvalue weighted by Gasteiger charge is -2.47. The number of aliphatic carboxylic acids is 1. The van der Waals surface area contributed by atoms with Crippen LogP contribution in [-0.4, -0.2) is 24.2 Å². The first-order chi connectivity index (χ1) is 8.43. The molecule has 0 aromatic heterocycles. The summed E-state index contributed by atoms with van der Waals surface area (Å²) in [6.45, 7) is 6.69. The molecule has 0 radical (unpaired) electrons. The fraction of sp³-hybridized carbons (Fsp3) is 0.533. The van der Waals surface area contributed by atoms with E-state index in [2.05, 4.69) is 30.9 Å². The molecule has 0 spiro atoms. The van der Waals surface area contributed by atoms with Crippen LogP contribution in [0.4, 0.5) is 5.69 Å². The molecule has 1 saturated heterocycles. The zero-order valence-corrected chi connectivity index (χ0v) is 10.9. The van der Waals surface area contributed by atoms with E-state index in [9.17, 15) is 9.90 Å². The van der Waals surface area contributed by atoms with Crippen molar-refractivity contribution in [2.75, 3.05) is 18.0 Å². The smallest absolute Gasteiger partial charge is 0.314 e. The first kappa shape index (κ1) is 11.6. The molecular weight excluding hydrogens is 226 g/mol. The quantitative estimate of drug-likeness (QED) is 0.890. The van der Waals surface area contributed by atoms with Crippen molar-refractivity contribution < 1.29 is 9.90 Å². The molecule has 3 heteroatoms. The Hall–Kier alpha value is -1.51. The molecule has 1 heterocycles. The van der Waals surface area contributed by atoms with Gasteiger partial charge in [-0.1, -0.05) is 26.0 Å². The molecule has 1 aromatic rings. The number of carboxylic acids is 1. The lowest BCUT2D eigenvalue weighted by Crippen LogP contribution is -2.53. The molecule has 18 heavy (non-hydrogen) atoms. The van der Waals surface area contributed by atoms with Crippen molar-refractivity contribution in [2.45, 2.75) is 32.1 Å². The number of carbonyl (C=O) groups is 1. The van der Waals surface area contributed by atoms with Gasteiger partial charge < -0.3 is 10.0 Å². The zero-order chi connectivity index (χ0) is 13.0. The number of hydrogen-bond donors (Lipinski definition) is 1. The molecule has 0 atom stereocenters. The average Bonchev–Trinajstić information content (AvgIpc) is 3.07. The molecule has 3 nitrogen and oxygen atoms in total. The summed E-state index contributed by atoms with van der Waals surface area (Å²) < 4.78 is 0. The van der Waals surface area contributed by atoms with Crippen LogP contribution in [0.2, 0.25) is 0 Å². The van der Waals surface area contributed by atoms with Gasteiger partial charge in [0.15, 0.2) is 0 Å². The summed E-state index contributed by atoms with van der Waals surface area (Å²) in [5, 5.41) is 9.25. The highest BCUT2D eigenvalue weighted by atomic mass is 16.4. The number of benzene rings is 1. The minimum absolute atomic E-state index is 0.414. The van der Waals surface area contributed by atoms with Gasteiger partial charge in [-0.2, -0.15) is 0 Å². The van der Waals surface area contributed by atoms with Crippen LogP contribution in [0.3, 0.4) is 0 Å². The molecule has 3 rings (SSSR count). The molecular formula is C15H19NO2. The Morgan fingerprint density at radius 1 is 1.17 bits per heavy atom. The van der Waals surface area contributed by atoms with Gasteiger partial charge in [0, 0.05) is 18.8 Å². The van der Waals surface area contributed by atoms with Crippen LogP contribution >= 0.6 is 0 Å². The van der Waals surface area contributed by atoms with E-state index in [1.54, 1.807) is 0 Å². The van der Waals surface area contributed by atoms with Crippen LogP contribution in [0.25, 0.3) is 0 Å². The standard InChI is InChI=1S/C15H19NO2/c1-14(2)9-16(10-14)12-5-3-11(4-6-12)15(7-8-15)13(17)18/h3-6H,7-10H2,1-2H3,(H,17,18). The Kier molecular flexibility index (Phi) is 2.25. The third-order valence-electron chi connectivity index (χ3n) is 4.18. The van der Waals surface area contributed by atoms with Crippen LogP contribution in [0, 0.1) is 5.41 Å². The van der Waals surface area contributed by atoms with Gasteiger partial charge in [-0.25, -0.2) is 0 Å². The van der Waals surface area contributed by atoms with Crippen LogP contribution in [-0.2, 0) is 10.2 Å². The van der Waals surface area contributed by atoms with Crippen LogP contribution in [0.5, 0.6) is 0 Å². The monoisotopic (exact) mass is 245 g/mol. The normalized spacial score (nSPS) is 23.3. The summed E-state index contributed by atoms with van der Waals surface area (Å²) in [5.74, 6) is -0.680. The van der Waals surface area contributed by atoms with E-state index in [-0.39, 0.29) is 0 Å². The van der Waals surface area contributed by atoms with Crippen LogP contribution in [0.15, 0.2) is 24.3 Å². The van der Waals surface area contributed by atoms with Gasteiger partial charge in [-0.05, 0) is 36.0 Å². The maximum Gasteiger partial charge on any atom is 0.314 e. The maximum atomic E-state index is 11.2. The topological polar surface area (TPSA) is 40.5 Å². The number of rotatable bonds is 3. The van der Waals surface area contributed by atoms with Gasteiger partial charge in [0.05, 0.1) is 5.41 Å². The molecule has 2 aliphatic rings. The second kappa shape index (κ2) is 3.50. The molecule has 1 aliphatic heterocycles. The summed E-state index contributed by atoms with van der Waals surface area (Å²) in [6, 6.07) is 8.10. The van der Waals surface area contributed by atoms with E-state index in [0.717, 1.165) is 31.5 Å². The van der Waals surface area contributed by atoms with Crippen molar-refractivity contribution >= 4 is 11.7 Å². The number of hydrogen-bond acceptors (Lipinski definition) is 2. The van der Waals surface area contributed by atoms with E-state index in [4.69, 9.17) is 0 Å². The van der Waals surface area contributed by atoms with E-state index in [0.29, 0.717) is 5.41 Å². The Morgan fingerprint density at radius 2 is 1.72 bits per heavy atom. The van der Waals surface area contributed by atoms with E-state index < -0.39 is 11.4 Å². The Labute approximate surface area is 107 Å². The summed E-state index contributed by atoms with van der Waals surface area (Å²) >= 11 is 0. The SMILES string of the molecule is CC1(C)CN(c2ccc(C3(C(=O)O)CC3)cc2)C1. The third-order valence-corrected chi connectivity index (χ3v) is 4.18. The summed E-state index contributed by atoms with van der Waals surface area (Å²) in [7, 11) is 0. The second-order valence-electron chi connectivity index (χ2n) is 6.45. The molecule has 1 aliphatic carbocycles. The second-order valence-corrected chi connectivity index (χ2v) is 6.45. The molecule has 96 valence electrons. The molecule has 1 N–H and O–H groups in total. The third kappa shape index (κ3) is 1.69. The van der Waals surface area contributed by atoms with Crippen LogP contribution in [0.1, 0.15) is 32.3 Å². The highest BCUT2D eigenvalue weighted by molar-refractivity contribution is 5.85. The van der Waals surface area contributed by atoms with Gasteiger partial charge >= 0.3 is 5.97 Å². The van der Waals surface area contributed by atoms with Crippen molar-refractivity contribution in [1.82, 2.24) is 0 Å². The minimum Gasteiger partial charge on any atom is -0.481 e. The summed E-state index contributed by atoms with van der Waals surface area (Å²) in [6.07, 6.45) is 1.55. The highest BCUT2D eigenvalue weighted by Gasteiger charge is 2.51. The Morgan fingerprint density at radius 3 is 2.11 bits per heavy atom. The fourth-order valence-electron chi connectivity index (χ4n) is 2.91. The van der Waals surface area contributed by atoms with Crippen molar-refractivity contribution in [3.63, 3.8) is 0 Å². The lowest BCUT2D eigenvalue weighted by molar-refractivity contribution is -0.140. The Balaban J connectivity index is 1.77. The predicted octanol–water partition coefficient (Wildman–Crippen LogP) is 2.65. The van der Waals surface area contributed by atoms with Gasteiger partial charge in [0.2, 0.25) is 0 Å². The molecule has 1 aromatic carbocycles. The van der Waals surface area contributed by atoms with E-state index >= 15 is 0 Å². The summed E-state index contributed by atoms with van der Waals surface area (Å²) in [5.41, 5.74) is 2.00. The molecule has 2 fully saturated rings. The van der Waals surface area contributed by atoms with Crippen molar-refractivity contribution in [3.05, 3.63) is 29.8 Å². The predicted molar refractivity (Wildman–Crippen MR) is 71.0 cm³/mol. The van der Waals surface area contributed by atoms with Gasteiger partial charge in [0.25, 0.3) is 0 Å². The first-order valence-corrected chi connectivity index (χ1v) is 6.52. The average molecular weight is 245 g/mol. The van der Waals surface area contributed by atoms with Gasteiger partial charge in [0.1, 0.15) is 0 Å². The van der Waals surface area contributed by atoms with Gasteiger partial charge in [-0.15, -0.1) is 0 Å². The number of carboxylic acid groups (broad SMARTS) is 1. The van der Waals surface area contributed by atoms with Crippen molar-refractivity contribution in [1.29, 1.82) is 0 Å².